The van der Waals surface area contributed by atoms with E-state index in [1.54, 1.807) is 37.5 Å². The molecule has 1 aromatic carbocycles. The van der Waals surface area contributed by atoms with Crippen LogP contribution in [-0.4, -0.2) is 10.9 Å². The van der Waals surface area contributed by atoms with Crippen LogP contribution in [0.3, 0.4) is 0 Å². The zero-order chi connectivity index (χ0) is 16.2. The Hall–Kier alpha value is -2.53. The van der Waals surface area contributed by atoms with Gasteiger partial charge in [0.2, 0.25) is 5.91 Å². The number of carbonyl (C=O) groups is 1. The molecule has 0 fully saturated rings. The predicted molar refractivity (Wildman–Crippen MR) is 91.9 cm³/mol. The maximum atomic E-state index is 14.2. The maximum absolute atomic E-state index is 14.2. The van der Waals surface area contributed by atoms with Crippen LogP contribution in [0.5, 0.6) is 0 Å². The summed E-state index contributed by atoms with van der Waals surface area (Å²) in [5.74, 6) is -0.346. The van der Waals surface area contributed by atoms with Gasteiger partial charge in [-0.3, -0.25) is 9.78 Å². The fraction of sp³-hybridized carbons (Fsp3) is 0.111. The molecular weight excluding hydrogens is 311 g/mol. The van der Waals surface area contributed by atoms with Gasteiger partial charge in [-0.15, -0.1) is 11.3 Å². The molecule has 1 N–H and O–H groups in total. The number of amides is 1. The van der Waals surface area contributed by atoms with Crippen LogP contribution in [0.1, 0.15) is 13.3 Å². The Morgan fingerprint density at radius 3 is 2.61 bits per heavy atom. The number of carbonyl (C=O) groups excluding carboxylic acids is 1. The van der Waals surface area contributed by atoms with E-state index in [4.69, 9.17) is 0 Å². The van der Waals surface area contributed by atoms with Crippen LogP contribution in [0, 0.1) is 5.82 Å². The number of nitrogens with zero attached hydrogens (tertiary/aromatic N) is 1. The molecule has 2 aromatic heterocycles. The molecule has 23 heavy (non-hydrogen) atoms. The van der Waals surface area contributed by atoms with Crippen LogP contribution in [-0.2, 0) is 4.79 Å². The first-order valence-electron chi connectivity index (χ1n) is 7.28. The van der Waals surface area contributed by atoms with Gasteiger partial charge in [0, 0.05) is 34.8 Å². The predicted octanol–water partition coefficient (Wildman–Crippen LogP) is 4.96. The highest BCUT2D eigenvalue weighted by molar-refractivity contribution is 7.20. The van der Waals surface area contributed by atoms with E-state index >= 15 is 0 Å². The molecule has 0 aliphatic heterocycles. The average Bonchev–Trinajstić information content (AvgIpc) is 2.99. The normalized spacial score (nSPS) is 10.5. The summed E-state index contributed by atoms with van der Waals surface area (Å²) in [4.78, 5) is 16.6. The van der Waals surface area contributed by atoms with Gasteiger partial charge in [0.1, 0.15) is 5.82 Å². The van der Waals surface area contributed by atoms with Gasteiger partial charge in [0.25, 0.3) is 0 Å². The summed E-state index contributed by atoms with van der Waals surface area (Å²) in [5, 5.41) is 3.56. The van der Waals surface area contributed by atoms with Gasteiger partial charge < -0.3 is 5.32 Å². The monoisotopic (exact) mass is 326 g/mol. The first-order chi connectivity index (χ1) is 11.2. The zero-order valence-corrected chi connectivity index (χ0v) is 13.4. The standard InChI is InChI=1S/C18H15FN2OS/c1-2-16(22)21-17-11-14(13-5-3-4-6-15(13)19)18(23-17)12-7-9-20-10-8-12/h3-11H,2H2,1H3,(H,21,22). The smallest absolute Gasteiger partial charge is 0.224 e. The Morgan fingerprint density at radius 1 is 1.17 bits per heavy atom. The minimum Gasteiger partial charge on any atom is -0.318 e. The molecule has 0 saturated carbocycles. The van der Waals surface area contributed by atoms with E-state index in [9.17, 15) is 9.18 Å². The third-order valence-electron chi connectivity index (χ3n) is 3.42. The molecule has 0 unspecified atom stereocenters. The second-order valence-electron chi connectivity index (χ2n) is 4.97. The lowest BCUT2D eigenvalue weighted by Crippen LogP contribution is -2.07. The van der Waals surface area contributed by atoms with Crippen molar-refractivity contribution < 1.29 is 9.18 Å². The minimum atomic E-state index is -0.283. The highest BCUT2D eigenvalue weighted by Gasteiger charge is 2.16. The van der Waals surface area contributed by atoms with Crippen LogP contribution in [0.4, 0.5) is 9.39 Å². The number of pyridine rings is 1. The molecule has 116 valence electrons. The first kappa shape index (κ1) is 15.4. The zero-order valence-electron chi connectivity index (χ0n) is 12.5. The van der Waals surface area contributed by atoms with E-state index in [1.807, 2.05) is 18.2 Å². The molecule has 3 nitrogen and oxygen atoms in total. The summed E-state index contributed by atoms with van der Waals surface area (Å²) in [6.07, 6.45) is 3.80. The second-order valence-corrected chi connectivity index (χ2v) is 6.02. The molecule has 0 saturated heterocycles. The molecule has 0 spiro atoms. The molecule has 0 bridgehead atoms. The summed E-state index contributed by atoms with van der Waals surface area (Å²) in [5.41, 5.74) is 2.23. The van der Waals surface area contributed by atoms with E-state index in [-0.39, 0.29) is 11.7 Å². The molecule has 0 radical (unpaired) electrons. The van der Waals surface area contributed by atoms with E-state index in [1.165, 1.54) is 17.4 Å². The SMILES string of the molecule is CCC(=O)Nc1cc(-c2ccccc2F)c(-c2ccncc2)s1. The van der Waals surface area contributed by atoms with E-state index < -0.39 is 0 Å². The summed E-state index contributed by atoms with van der Waals surface area (Å²) in [6, 6.07) is 12.2. The molecule has 0 aliphatic carbocycles. The van der Waals surface area contributed by atoms with Crippen molar-refractivity contribution in [3.05, 3.63) is 60.7 Å². The summed E-state index contributed by atoms with van der Waals surface area (Å²) in [7, 11) is 0. The Balaban J connectivity index is 2.13. The first-order valence-corrected chi connectivity index (χ1v) is 8.09. The van der Waals surface area contributed by atoms with Crippen LogP contribution >= 0.6 is 11.3 Å². The van der Waals surface area contributed by atoms with Crippen molar-refractivity contribution in [2.24, 2.45) is 0 Å². The molecule has 0 atom stereocenters. The number of benzene rings is 1. The van der Waals surface area contributed by atoms with Gasteiger partial charge in [-0.25, -0.2) is 4.39 Å². The molecule has 3 aromatic rings. The molecule has 5 heteroatoms. The van der Waals surface area contributed by atoms with E-state index in [2.05, 4.69) is 10.3 Å². The Labute approximate surface area is 137 Å². The Kier molecular flexibility index (Phi) is 4.48. The van der Waals surface area contributed by atoms with E-state index in [0.717, 1.165) is 16.0 Å². The fourth-order valence-electron chi connectivity index (χ4n) is 2.28. The summed E-state index contributed by atoms with van der Waals surface area (Å²) >= 11 is 1.43. The second kappa shape index (κ2) is 6.71. The minimum absolute atomic E-state index is 0.0624. The van der Waals surface area contributed by atoms with Crippen molar-refractivity contribution in [2.45, 2.75) is 13.3 Å². The van der Waals surface area contributed by atoms with Gasteiger partial charge in [-0.2, -0.15) is 0 Å². The third-order valence-corrected chi connectivity index (χ3v) is 4.52. The maximum Gasteiger partial charge on any atom is 0.224 e. The lowest BCUT2D eigenvalue weighted by Gasteiger charge is -2.05. The van der Waals surface area contributed by atoms with Crippen molar-refractivity contribution in [3.8, 4) is 21.6 Å². The highest BCUT2D eigenvalue weighted by Crippen LogP contribution is 2.42. The van der Waals surface area contributed by atoms with Crippen LogP contribution in [0.25, 0.3) is 21.6 Å². The number of halogens is 1. The summed E-state index contributed by atoms with van der Waals surface area (Å²) < 4.78 is 14.2. The number of hydrogen-bond acceptors (Lipinski definition) is 3. The quantitative estimate of drug-likeness (QED) is 0.736. The number of anilines is 1. The fourth-order valence-corrected chi connectivity index (χ4v) is 3.37. The van der Waals surface area contributed by atoms with Gasteiger partial charge in [-0.05, 0) is 29.8 Å². The van der Waals surface area contributed by atoms with Gasteiger partial charge in [0.05, 0.1) is 5.00 Å². The largest absolute Gasteiger partial charge is 0.318 e. The number of aromatic nitrogens is 1. The van der Waals surface area contributed by atoms with Crippen molar-refractivity contribution in [2.75, 3.05) is 5.32 Å². The molecule has 2 heterocycles. The van der Waals surface area contributed by atoms with Crippen LogP contribution < -0.4 is 5.32 Å². The van der Waals surface area contributed by atoms with Crippen LogP contribution in [0.15, 0.2) is 54.9 Å². The summed E-state index contributed by atoms with van der Waals surface area (Å²) in [6.45, 7) is 1.80. The Bertz CT molecular complexity index is 830. The molecule has 3 rings (SSSR count). The van der Waals surface area contributed by atoms with Crippen molar-refractivity contribution in [1.29, 1.82) is 0 Å². The van der Waals surface area contributed by atoms with Crippen molar-refractivity contribution in [3.63, 3.8) is 0 Å². The van der Waals surface area contributed by atoms with Crippen molar-refractivity contribution in [1.82, 2.24) is 4.98 Å². The lowest BCUT2D eigenvalue weighted by atomic mass is 10.0. The Morgan fingerprint density at radius 2 is 1.91 bits per heavy atom. The number of nitrogens with one attached hydrogen (secondary N) is 1. The van der Waals surface area contributed by atoms with Gasteiger partial charge in [-0.1, -0.05) is 25.1 Å². The topological polar surface area (TPSA) is 42.0 Å². The third kappa shape index (κ3) is 3.29. The van der Waals surface area contributed by atoms with Gasteiger partial charge >= 0.3 is 0 Å². The number of thiophene rings is 1. The highest BCUT2D eigenvalue weighted by atomic mass is 32.1. The van der Waals surface area contributed by atoms with Crippen molar-refractivity contribution >= 4 is 22.2 Å². The number of rotatable bonds is 4. The lowest BCUT2D eigenvalue weighted by molar-refractivity contribution is -0.115. The average molecular weight is 326 g/mol. The van der Waals surface area contributed by atoms with Gasteiger partial charge in [0.15, 0.2) is 0 Å². The number of hydrogen-bond donors (Lipinski definition) is 1. The molecule has 0 aliphatic rings. The molecule has 1 amide bonds. The van der Waals surface area contributed by atoms with Crippen LogP contribution in [0.2, 0.25) is 0 Å². The molecular formula is C18H15FN2OS. The van der Waals surface area contributed by atoms with E-state index in [0.29, 0.717) is 17.0 Å².